The first-order valence-corrected chi connectivity index (χ1v) is 4.97. The summed E-state index contributed by atoms with van der Waals surface area (Å²) >= 11 is 0. The highest BCUT2D eigenvalue weighted by molar-refractivity contribution is 5.55. The van der Waals surface area contributed by atoms with Crippen LogP contribution in [0.15, 0.2) is 17.2 Å². The van der Waals surface area contributed by atoms with E-state index < -0.39 is 0 Å². The summed E-state index contributed by atoms with van der Waals surface area (Å²) in [6, 6.07) is 3.39. The minimum absolute atomic E-state index is 0.180. The van der Waals surface area contributed by atoms with Gasteiger partial charge in [0, 0.05) is 13.8 Å². The standard InChI is InChI=1S/C12H17FN2/c1-8(2)10-6-9(3)12(7-11(10)13)15(5)14-4/h6-8H,4H2,1-3,5H3. The zero-order chi connectivity index (χ0) is 11.6. The lowest BCUT2D eigenvalue weighted by atomic mass is 9.99. The second kappa shape index (κ2) is 4.43. The molecule has 0 amide bonds. The van der Waals surface area contributed by atoms with E-state index in [0.717, 1.165) is 16.8 Å². The molecule has 0 unspecified atom stereocenters. The van der Waals surface area contributed by atoms with Crippen molar-refractivity contribution in [3.05, 3.63) is 29.1 Å². The molecule has 2 nitrogen and oxygen atoms in total. The van der Waals surface area contributed by atoms with Crippen molar-refractivity contribution in [3.63, 3.8) is 0 Å². The van der Waals surface area contributed by atoms with Crippen molar-refractivity contribution in [2.45, 2.75) is 26.7 Å². The minimum Gasteiger partial charge on any atom is -0.269 e. The van der Waals surface area contributed by atoms with Crippen molar-refractivity contribution in [1.82, 2.24) is 0 Å². The highest BCUT2D eigenvalue weighted by atomic mass is 19.1. The van der Waals surface area contributed by atoms with Gasteiger partial charge in [0.25, 0.3) is 0 Å². The Labute approximate surface area is 90.4 Å². The number of hydrogen-bond donors (Lipinski definition) is 0. The number of benzene rings is 1. The van der Waals surface area contributed by atoms with Crippen molar-refractivity contribution < 1.29 is 4.39 Å². The van der Waals surface area contributed by atoms with Crippen molar-refractivity contribution in [3.8, 4) is 0 Å². The van der Waals surface area contributed by atoms with Crippen molar-refractivity contribution >= 4 is 12.4 Å². The number of halogens is 1. The average Bonchev–Trinajstić information content (AvgIpc) is 2.19. The van der Waals surface area contributed by atoms with Gasteiger partial charge in [0.2, 0.25) is 0 Å². The minimum atomic E-state index is -0.180. The van der Waals surface area contributed by atoms with Crippen molar-refractivity contribution in [2.24, 2.45) is 5.10 Å². The number of hydrogen-bond acceptors (Lipinski definition) is 2. The zero-order valence-electron chi connectivity index (χ0n) is 9.71. The number of rotatable bonds is 3. The summed E-state index contributed by atoms with van der Waals surface area (Å²) in [5.74, 6) is 0.0147. The Bertz CT molecular complexity index is 372. The van der Waals surface area contributed by atoms with Crippen LogP contribution >= 0.6 is 0 Å². The van der Waals surface area contributed by atoms with Crippen LogP contribution in [0.4, 0.5) is 10.1 Å². The third-order valence-electron chi connectivity index (χ3n) is 2.50. The molecular formula is C12H17FN2. The second-order valence-electron chi connectivity index (χ2n) is 3.98. The first-order valence-electron chi connectivity index (χ1n) is 4.97. The van der Waals surface area contributed by atoms with Crippen LogP contribution in [0.5, 0.6) is 0 Å². The molecule has 0 aliphatic heterocycles. The van der Waals surface area contributed by atoms with Crippen LogP contribution in [0.2, 0.25) is 0 Å². The van der Waals surface area contributed by atoms with Gasteiger partial charge in [-0.1, -0.05) is 19.9 Å². The number of hydrazone groups is 1. The fourth-order valence-corrected chi connectivity index (χ4v) is 1.56. The van der Waals surface area contributed by atoms with Gasteiger partial charge in [-0.2, -0.15) is 5.10 Å². The van der Waals surface area contributed by atoms with E-state index >= 15 is 0 Å². The SMILES string of the molecule is C=NN(C)c1cc(F)c(C(C)C)cc1C. The maximum Gasteiger partial charge on any atom is 0.128 e. The smallest absolute Gasteiger partial charge is 0.128 e. The molecule has 0 aliphatic carbocycles. The monoisotopic (exact) mass is 208 g/mol. The third-order valence-corrected chi connectivity index (χ3v) is 2.50. The molecule has 0 atom stereocenters. The zero-order valence-corrected chi connectivity index (χ0v) is 9.71. The first-order chi connectivity index (χ1) is 6.97. The summed E-state index contributed by atoms with van der Waals surface area (Å²) < 4.78 is 13.7. The molecule has 0 spiro atoms. The van der Waals surface area contributed by atoms with Crippen LogP contribution in [0, 0.1) is 12.7 Å². The average molecular weight is 208 g/mol. The molecule has 0 saturated heterocycles. The molecular weight excluding hydrogens is 191 g/mol. The lowest BCUT2D eigenvalue weighted by Gasteiger charge is -2.17. The van der Waals surface area contributed by atoms with Crippen molar-refractivity contribution in [2.75, 3.05) is 12.1 Å². The molecule has 1 aromatic rings. The molecule has 0 radical (unpaired) electrons. The van der Waals surface area contributed by atoms with E-state index in [0.29, 0.717) is 0 Å². The summed E-state index contributed by atoms with van der Waals surface area (Å²) in [7, 11) is 1.75. The van der Waals surface area contributed by atoms with E-state index in [1.165, 1.54) is 6.07 Å². The molecule has 0 aliphatic rings. The summed E-state index contributed by atoms with van der Waals surface area (Å²) in [4.78, 5) is 0. The Morgan fingerprint density at radius 1 is 1.40 bits per heavy atom. The molecule has 1 rings (SSSR count). The molecule has 3 heteroatoms. The summed E-state index contributed by atoms with van der Waals surface area (Å²) in [6.07, 6.45) is 0. The molecule has 0 heterocycles. The van der Waals surface area contributed by atoms with Gasteiger partial charge >= 0.3 is 0 Å². The van der Waals surface area contributed by atoms with Gasteiger partial charge < -0.3 is 0 Å². The maximum atomic E-state index is 13.7. The van der Waals surface area contributed by atoms with Crippen LogP contribution in [-0.2, 0) is 0 Å². The Balaban J connectivity index is 3.25. The molecule has 0 saturated carbocycles. The van der Waals surface area contributed by atoms with Gasteiger partial charge in [-0.3, -0.25) is 5.01 Å². The fraction of sp³-hybridized carbons (Fsp3) is 0.417. The van der Waals surface area contributed by atoms with Gasteiger partial charge in [-0.05, 0) is 30.0 Å². The summed E-state index contributed by atoms with van der Waals surface area (Å²) in [5, 5.41) is 5.32. The van der Waals surface area contributed by atoms with Crippen LogP contribution < -0.4 is 5.01 Å². The molecule has 0 fully saturated rings. The predicted molar refractivity (Wildman–Crippen MR) is 63.2 cm³/mol. The van der Waals surface area contributed by atoms with E-state index in [1.807, 2.05) is 26.8 Å². The van der Waals surface area contributed by atoms with Crippen LogP contribution in [0.1, 0.15) is 30.9 Å². The normalized spacial score (nSPS) is 10.5. The summed E-state index contributed by atoms with van der Waals surface area (Å²) in [6.45, 7) is 9.32. The molecule has 0 aromatic heterocycles. The number of aryl methyl sites for hydroxylation is 1. The highest BCUT2D eigenvalue weighted by Gasteiger charge is 2.11. The fourth-order valence-electron chi connectivity index (χ4n) is 1.56. The quantitative estimate of drug-likeness (QED) is 0.549. The Morgan fingerprint density at radius 2 is 2.00 bits per heavy atom. The number of nitrogens with zero attached hydrogens (tertiary/aromatic N) is 2. The summed E-state index contributed by atoms with van der Waals surface area (Å²) in [5.41, 5.74) is 2.51. The van der Waals surface area contributed by atoms with Gasteiger partial charge in [-0.25, -0.2) is 4.39 Å². The van der Waals surface area contributed by atoms with E-state index in [2.05, 4.69) is 11.8 Å². The Morgan fingerprint density at radius 3 is 2.47 bits per heavy atom. The lowest BCUT2D eigenvalue weighted by Crippen LogP contribution is -2.10. The van der Waals surface area contributed by atoms with E-state index in [9.17, 15) is 4.39 Å². The van der Waals surface area contributed by atoms with Gasteiger partial charge in [0.05, 0.1) is 5.69 Å². The highest BCUT2D eigenvalue weighted by Crippen LogP contribution is 2.27. The first kappa shape index (κ1) is 11.7. The molecule has 82 valence electrons. The van der Waals surface area contributed by atoms with Crippen molar-refractivity contribution in [1.29, 1.82) is 0 Å². The molecule has 15 heavy (non-hydrogen) atoms. The predicted octanol–water partition coefficient (Wildman–Crippen LogP) is 3.31. The topological polar surface area (TPSA) is 15.6 Å². The van der Waals surface area contributed by atoms with E-state index in [1.54, 1.807) is 12.1 Å². The van der Waals surface area contributed by atoms with Gasteiger partial charge in [-0.15, -0.1) is 0 Å². The van der Waals surface area contributed by atoms with Gasteiger partial charge in [0.1, 0.15) is 5.82 Å². The molecule has 0 bridgehead atoms. The Hall–Kier alpha value is -1.38. The third kappa shape index (κ3) is 2.35. The largest absolute Gasteiger partial charge is 0.269 e. The second-order valence-corrected chi connectivity index (χ2v) is 3.98. The lowest BCUT2D eigenvalue weighted by molar-refractivity contribution is 0.597. The van der Waals surface area contributed by atoms with Crippen LogP contribution in [0.25, 0.3) is 0 Å². The van der Waals surface area contributed by atoms with Gasteiger partial charge in [0.15, 0.2) is 0 Å². The maximum absolute atomic E-state index is 13.7. The number of anilines is 1. The van der Waals surface area contributed by atoms with Crippen LogP contribution in [0.3, 0.4) is 0 Å². The van der Waals surface area contributed by atoms with Crippen LogP contribution in [-0.4, -0.2) is 13.8 Å². The molecule has 1 aromatic carbocycles. The van der Waals surface area contributed by atoms with E-state index in [4.69, 9.17) is 0 Å². The molecule has 0 N–H and O–H groups in total. The van der Waals surface area contributed by atoms with E-state index in [-0.39, 0.29) is 11.7 Å². The Kier molecular flexibility index (Phi) is 3.45.